The molecule has 2 atom stereocenters. The van der Waals surface area contributed by atoms with Gasteiger partial charge in [-0.1, -0.05) is 66.7 Å². The lowest BCUT2D eigenvalue weighted by Gasteiger charge is -2.16. The first-order valence-electron chi connectivity index (χ1n) is 9.11. The molecule has 0 spiro atoms. The number of benzene rings is 3. The van der Waals surface area contributed by atoms with Crippen molar-refractivity contribution in [2.75, 3.05) is 6.61 Å². The summed E-state index contributed by atoms with van der Waals surface area (Å²) in [7, 11) is -8.01. The van der Waals surface area contributed by atoms with Crippen molar-refractivity contribution in [1.29, 1.82) is 0 Å². The van der Waals surface area contributed by atoms with Gasteiger partial charge in [0.15, 0.2) is 0 Å². The van der Waals surface area contributed by atoms with Crippen molar-refractivity contribution in [2.24, 2.45) is 5.73 Å². The molecule has 0 heterocycles. The molecule has 0 aromatic heterocycles. The van der Waals surface area contributed by atoms with E-state index in [1.54, 1.807) is 48.5 Å². The number of hydrogen-bond acceptors (Lipinski definition) is 7. The van der Waals surface area contributed by atoms with Gasteiger partial charge in [0.1, 0.15) is 0 Å². The average molecular weight is 484 g/mol. The van der Waals surface area contributed by atoms with Crippen LogP contribution in [0, 0.1) is 0 Å². The summed E-state index contributed by atoms with van der Waals surface area (Å²) >= 11 is 0. The Morgan fingerprint density at radius 3 is 1.22 bits per heavy atom. The van der Waals surface area contributed by atoms with Gasteiger partial charge in [0, 0.05) is 0 Å². The fourth-order valence-corrected chi connectivity index (χ4v) is 3.18. The molecule has 0 aliphatic rings. The Morgan fingerprint density at radius 1 is 0.656 bits per heavy atom. The molecular formula is C21H25NO8S2. The van der Waals surface area contributed by atoms with Gasteiger partial charge in [-0.2, -0.15) is 16.8 Å². The van der Waals surface area contributed by atoms with Gasteiger partial charge in [0.05, 0.1) is 28.5 Å². The minimum Gasteiger partial charge on any atom is -0.395 e. The van der Waals surface area contributed by atoms with E-state index in [1.807, 2.05) is 18.2 Å². The van der Waals surface area contributed by atoms with Gasteiger partial charge in [-0.3, -0.25) is 9.11 Å². The van der Waals surface area contributed by atoms with E-state index in [2.05, 4.69) is 0 Å². The van der Waals surface area contributed by atoms with Gasteiger partial charge in [0.2, 0.25) is 0 Å². The van der Waals surface area contributed by atoms with Gasteiger partial charge in [0.25, 0.3) is 20.2 Å². The van der Waals surface area contributed by atoms with Crippen molar-refractivity contribution < 1.29 is 36.2 Å². The van der Waals surface area contributed by atoms with Crippen LogP contribution in [0.3, 0.4) is 0 Å². The summed E-state index contributed by atoms with van der Waals surface area (Å²) < 4.78 is 58.5. The summed E-state index contributed by atoms with van der Waals surface area (Å²) in [4.78, 5) is -0.148. The molecule has 0 fully saturated rings. The Balaban J connectivity index is 0.000000241. The smallest absolute Gasteiger partial charge is 0.294 e. The van der Waals surface area contributed by atoms with Crippen LogP contribution in [0.1, 0.15) is 11.7 Å². The van der Waals surface area contributed by atoms with Gasteiger partial charge >= 0.3 is 0 Å². The summed E-state index contributed by atoms with van der Waals surface area (Å²) in [5.74, 6) is 0. The number of nitrogens with two attached hydrogens (primary N) is 1. The monoisotopic (exact) mass is 483 g/mol. The molecule has 0 aliphatic carbocycles. The standard InChI is InChI=1S/C9H13NO2.2C6H6O3S/c10-8(6-11)9(12)7-4-2-1-3-5-7;2*7-10(8,9)6-4-2-1-3-5-6/h1-5,8-9,11-12H,6,10H2;2*1-5H,(H,7,8,9). The predicted octanol–water partition coefficient (Wildman–Crippen LogP) is 1.91. The molecule has 0 radical (unpaired) electrons. The van der Waals surface area contributed by atoms with Crippen LogP contribution in [0.4, 0.5) is 0 Å². The van der Waals surface area contributed by atoms with E-state index < -0.39 is 32.4 Å². The van der Waals surface area contributed by atoms with E-state index in [0.717, 1.165) is 5.56 Å². The van der Waals surface area contributed by atoms with Crippen LogP contribution in [0.15, 0.2) is 101 Å². The molecule has 0 saturated carbocycles. The first-order valence-corrected chi connectivity index (χ1v) is 12.0. The summed E-state index contributed by atoms with van der Waals surface area (Å²) in [5.41, 5.74) is 6.18. The molecule has 3 aromatic rings. The highest BCUT2D eigenvalue weighted by atomic mass is 32.2. The van der Waals surface area contributed by atoms with Crippen molar-refractivity contribution in [3.8, 4) is 0 Å². The first kappa shape index (κ1) is 27.4. The minimum atomic E-state index is -4.00. The number of rotatable bonds is 5. The maximum absolute atomic E-state index is 10.4. The van der Waals surface area contributed by atoms with Crippen molar-refractivity contribution in [1.82, 2.24) is 0 Å². The first-order chi connectivity index (χ1) is 15.0. The zero-order valence-electron chi connectivity index (χ0n) is 16.8. The molecule has 3 aromatic carbocycles. The maximum Gasteiger partial charge on any atom is 0.294 e. The largest absolute Gasteiger partial charge is 0.395 e. The van der Waals surface area contributed by atoms with Crippen LogP contribution in [-0.4, -0.2) is 48.8 Å². The summed E-state index contributed by atoms with van der Waals surface area (Å²) in [6.45, 7) is -0.212. The summed E-state index contributed by atoms with van der Waals surface area (Å²) in [6.07, 6.45) is -0.781. The Hall–Kier alpha value is -2.64. The Labute approximate surface area is 187 Å². The topological polar surface area (TPSA) is 175 Å². The van der Waals surface area contributed by atoms with Crippen molar-refractivity contribution in [3.05, 3.63) is 96.6 Å². The molecule has 2 unspecified atom stereocenters. The quantitative estimate of drug-likeness (QED) is 0.339. The van der Waals surface area contributed by atoms with Gasteiger partial charge in [-0.25, -0.2) is 0 Å². The SMILES string of the molecule is NC(CO)C(O)c1ccccc1.O=S(=O)(O)c1ccccc1.O=S(=O)(O)c1ccccc1. The molecule has 32 heavy (non-hydrogen) atoms. The maximum atomic E-state index is 10.4. The number of hydrogen-bond donors (Lipinski definition) is 5. The van der Waals surface area contributed by atoms with E-state index >= 15 is 0 Å². The van der Waals surface area contributed by atoms with Crippen molar-refractivity contribution >= 4 is 20.2 Å². The molecule has 0 bridgehead atoms. The van der Waals surface area contributed by atoms with E-state index in [4.69, 9.17) is 19.9 Å². The Kier molecular flexibility index (Phi) is 11.2. The molecule has 0 saturated heterocycles. The normalized spacial score (nSPS) is 12.9. The van der Waals surface area contributed by atoms with Crippen molar-refractivity contribution in [3.63, 3.8) is 0 Å². The number of aliphatic hydroxyl groups is 2. The van der Waals surface area contributed by atoms with Crippen LogP contribution >= 0.6 is 0 Å². The minimum absolute atomic E-state index is 0.0741. The Morgan fingerprint density at radius 2 is 0.969 bits per heavy atom. The predicted molar refractivity (Wildman–Crippen MR) is 119 cm³/mol. The van der Waals surface area contributed by atoms with E-state index in [0.29, 0.717) is 0 Å². The molecule has 6 N–H and O–H groups in total. The highest BCUT2D eigenvalue weighted by Crippen LogP contribution is 2.14. The van der Waals surface area contributed by atoms with E-state index in [9.17, 15) is 21.9 Å². The zero-order chi connectivity index (χ0) is 24.2. The molecule has 0 aliphatic heterocycles. The third-order valence-electron chi connectivity index (χ3n) is 3.84. The zero-order valence-corrected chi connectivity index (χ0v) is 18.5. The van der Waals surface area contributed by atoms with Crippen LogP contribution in [-0.2, 0) is 20.2 Å². The van der Waals surface area contributed by atoms with Crippen LogP contribution in [0.2, 0.25) is 0 Å². The highest BCUT2D eigenvalue weighted by Gasteiger charge is 2.14. The van der Waals surface area contributed by atoms with Gasteiger partial charge in [-0.05, 0) is 29.8 Å². The highest BCUT2D eigenvalue weighted by molar-refractivity contribution is 7.86. The molecule has 9 nitrogen and oxygen atoms in total. The lowest BCUT2D eigenvalue weighted by atomic mass is 10.0. The molecular weight excluding hydrogens is 458 g/mol. The lowest BCUT2D eigenvalue weighted by molar-refractivity contribution is 0.109. The van der Waals surface area contributed by atoms with E-state index in [1.165, 1.54) is 24.3 Å². The van der Waals surface area contributed by atoms with Crippen molar-refractivity contribution in [2.45, 2.75) is 21.9 Å². The third kappa shape index (κ3) is 10.1. The average Bonchev–Trinajstić information content (AvgIpc) is 2.79. The van der Waals surface area contributed by atoms with Crippen LogP contribution in [0.5, 0.6) is 0 Å². The Bertz CT molecular complexity index is 1060. The van der Waals surface area contributed by atoms with Gasteiger partial charge < -0.3 is 15.9 Å². The lowest BCUT2D eigenvalue weighted by Crippen LogP contribution is -2.31. The number of aliphatic hydroxyl groups excluding tert-OH is 2. The molecule has 174 valence electrons. The van der Waals surface area contributed by atoms with Gasteiger partial charge in [-0.15, -0.1) is 0 Å². The fourth-order valence-electron chi connectivity index (χ4n) is 2.18. The molecule has 0 amide bonds. The molecule has 3 rings (SSSR count). The second-order valence-corrected chi connectivity index (χ2v) is 9.12. The third-order valence-corrected chi connectivity index (χ3v) is 5.58. The second kappa shape index (κ2) is 13.0. The second-order valence-electron chi connectivity index (χ2n) is 6.28. The van der Waals surface area contributed by atoms with E-state index in [-0.39, 0.29) is 16.4 Å². The molecule has 11 heteroatoms. The van der Waals surface area contributed by atoms with Crippen LogP contribution in [0.25, 0.3) is 0 Å². The fraction of sp³-hybridized carbons (Fsp3) is 0.143. The van der Waals surface area contributed by atoms with Crippen LogP contribution < -0.4 is 5.73 Å². The summed E-state index contributed by atoms with van der Waals surface area (Å²) in [6, 6.07) is 23.3. The summed E-state index contributed by atoms with van der Waals surface area (Å²) in [5, 5.41) is 18.2.